The van der Waals surface area contributed by atoms with Gasteiger partial charge in [-0.05, 0) is 32.1 Å². The van der Waals surface area contributed by atoms with Crippen molar-refractivity contribution >= 4 is 5.96 Å². The van der Waals surface area contributed by atoms with Crippen molar-refractivity contribution < 1.29 is 13.2 Å². The number of aliphatic imine (C=N–C) groups is 1. The van der Waals surface area contributed by atoms with E-state index in [1.807, 2.05) is 6.92 Å². The van der Waals surface area contributed by atoms with Gasteiger partial charge in [-0.2, -0.15) is 13.2 Å². The molecule has 1 saturated carbocycles. The Bertz CT molecular complexity index is 396. The fourth-order valence-corrected chi connectivity index (χ4v) is 2.59. The Labute approximate surface area is 130 Å². The van der Waals surface area contributed by atoms with Crippen molar-refractivity contribution in [2.45, 2.75) is 45.8 Å². The van der Waals surface area contributed by atoms with E-state index in [1.54, 1.807) is 0 Å². The van der Waals surface area contributed by atoms with Gasteiger partial charge in [-0.25, -0.2) is 0 Å². The summed E-state index contributed by atoms with van der Waals surface area (Å²) >= 11 is 0. The molecule has 0 spiro atoms. The first-order valence-electron chi connectivity index (χ1n) is 8.09. The normalized spacial score (nSPS) is 24.3. The van der Waals surface area contributed by atoms with E-state index in [0.717, 1.165) is 19.0 Å². The molecule has 2 rings (SSSR count). The van der Waals surface area contributed by atoms with E-state index >= 15 is 0 Å². The van der Waals surface area contributed by atoms with Crippen molar-refractivity contribution in [3.8, 4) is 0 Å². The van der Waals surface area contributed by atoms with Gasteiger partial charge in [-0.3, -0.25) is 9.89 Å². The second-order valence-corrected chi connectivity index (χ2v) is 6.72. The van der Waals surface area contributed by atoms with Crippen LogP contribution in [0.2, 0.25) is 0 Å². The summed E-state index contributed by atoms with van der Waals surface area (Å²) in [5.41, 5.74) is 0.341. The van der Waals surface area contributed by atoms with Gasteiger partial charge in [0.25, 0.3) is 0 Å². The highest BCUT2D eigenvalue weighted by atomic mass is 19.4. The van der Waals surface area contributed by atoms with E-state index in [9.17, 15) is 13.2 Å². The van der Waals surface area contributed by atoms with Crippen LogP contribution in [0.3, 0.4) is 0 Å². The summed E-state index contributed by atoms with van der Waals surface area (Å²) in [6.07, 6.45) is -1.72. The maximum Gasteiger partial charge on any atom is 0.403 e. The zero-order valence-electron chi connectivity index (χ0n) is 13.7. The molecule has 0 radical (unpaired) electrons. The number of hydrogen-bond donors (Lipinski definition) is 1. The zero-order valence-corrected chi connectivity index (χ0v) is 13.7. The van der Waals surface area contributed by atoms with Crippen molar-refractivity contribution in [3.05, 3.63) is 0 Å². The SMILES string of the molecule is CCNC(=NCC1(C)CC1)N1CCN(C(C)C(F)(F)F)CC1. The number of hydrogen-bond acceptors (Lipinski definition) is 2. The number of alkyl halides is 3. The highest BCUT2D eigenvalue weighted by molar-refractivity contribution is 5.80. The van der Waals surface area contributed by atoms with Crippen LogP contribution in [0.5, 0.6) is 0 Å². The Morgan fingerprint density at radius 1 is 1.23 bits per heavy atom. The molecule has 0 aromatic heterocycles. The lowest BCUT2D eigenvalue weighted by Crippen LogP contribution is -2.56. The van der Waals surface area contributed by atoms with Crippen LogP contribution in [0, 0.1) is 5.41 Å². The van der Waals surface area contributed by atoms with Gasteiger partial charge in [0.1, 0.15) is 6.04 Å². The smallest absolute Gasteiger partial charge is 0.357 e. The van der Waals surface area contributed by atoms with Crippen LogP contribution in [0.15, 0.2) is 4.99 Å². The number of nitrogens with zero attached hydrogens (tertiary/aromatic N) is 3. The number of piperazine rings is 1. The Hall–Kier alpha value is -0.980. The Kier molecular flexibility index (Phi) is 5.25. The van der Waals surface area contributed by atoms with Gasteiger partial charge in [-0.1, -0.05) is 6.92 Å². The minimum atomic E-state index is -4.15. The van der Waals surface area contributed by atoms with Crippen LogP contribution < -0.4 is 5.32 Å². The van der Waals surface area contributed by atoms with Gasteiger partial charge < -0.3 is 10.2 Å². The van der Waals surface area contributed by atoms with Crippen molar-refractivity contribution in [2.75, 3.05) is 39.3 Å². The minimum Gasteiger partial charge on any atom is -0.357 e. The molecule has 0 amide bonds. The summed E-state index contributed by atoms with van der Waals surface area (Å²) in [6.45, 7) is 9.06. The second-order valence-electron chi connectivity index (χ2n) is 6.72. The minimum absolute atomic E-state index is 0.341. The van der Waals surface area contributed by atoms with Crippen LogP contribution in [-0.2, 0) is 0 Å². The summed E-state index contributed by atoms with van der Waals surface area (Å²) in [4.78, 5) is 8.26. The molecule has 1 heterocycles. The molecule has 0 bridgehead atoms. The average molecular weight is 320 g/mol. The maximum absolute atomic E-state index is 12.8. The molecule has 2 fully saturated rings. The van der Waals surface area contributed by atoms with E-state index in [0.29, 0.717) is 31.6 Å². The lowest BCUT2D eigenvalue weighted by atomic mass is 10.1. The Morgan fingerprint density at radius 3 is 2.27 bits per heavy atom. The molecule has 4 nitrogen and oxygen atoms in total. The Balaban J connectivity index is 1.90. The zero-order chi connectivity index (χ0) is 16.4. The molecule has 7 heteroatoms. The second kappa shape index (κ2) is 6.64. The molecule has 128 valence electrons. The van der Waals surface area contributed by atoms with E-state index in [4.69, 9.17) is 0 Å². The number of guanidine groups is 1. The molecule has 1 aliphatic carbocycles. The average Bonchev–Trinajstić information content (AvgIpc) is 3.20. The van der Waals surface area contributed by atoms with E-state index in [1.165, 1.54) is 24.7 Å². The first kappa shape index (κ1) is 17.4. The van der Waals surface area contributed by atoms with Crippen molar-refractivity contribution in [2.24, 2.45) is 10.4 Å². The van der Waals surface area contributed by atoms with Crippen LogP contribution in [0.1, 0.15) is 33.6 Å². The third kappa shape index (κ3) is 4.51. The molecule has 0 aromatic rings. The molecule has 1 unspecified atom stereocenters. The van der Waals surface area contributed by atoms with Crippen LogP contribution >= 0.6 is 0 Å². The largest absolute Gasteiger partial charge is 0.403 e. The summed E-state index contributed by atoms with van der Waals surface area (Å²) in [6, 6.07) is -1.38. The molecule has 2 aliphatic rings. The van der Waals surface area contributed by atoms with Crippen LogP contribution in [0.25, 0.3) is 0 Å². The van der Waals surface area contributed by atoms with Gasteiger partial charge in [0, 0.05) is 39.3 Å². The van der Waals surface area contributed by atoms with E-state index in [2.05, 4.69) is 22.1 Å². The summed E-state index contributed by atoms with van der Waals surface area (Å²) in [5.74, 6) is 0.843. The van der Waals surface area contributed by atoms with Gasteiger partial charge >= 0.3 is 6.18 Å². The maximum atomic E-state index is 12.8. The van der Waals surface area contributed by atoms with Crippen molar-refractivity contribution in [1.82, 2.24) is 15.1 Å². The topological polar surface area (TPSA) is 30.9 Å². The molecule has 0 aromatic carbocycles. The van der Waals surface area contributed by atoms with Gasteiger partial charge in [0.2, 0.25) is 0 Å². The first-order valence-corrected chi connectivity index (χ1v) is 8.09. The number of rotatable bonds is 4. The molecule has 1 atom stereocenters. The van der Waals surface area contributed by atoms with Crippen LogP contribution in [0.4, 0.5) is 13.2 Å². The first-order chi connectivity index (χ1) is 10.2. The Morgan fingerprint density at radius 2 is 1.82 bits per heavy atom. The number of nitrogens with one attached hydrogen (secondary N) is 1. The highest BCUT2D eigenvalue weighted by Gasteiger charge is 2.41. The summed E-state index contributed by atoms with van der Waals surface area (Å²) in [5, 5.41) is 3.26. The molecular weight excluding hydrogens is 293 g/mol. The highest BCUT2D eigenvalue weighted by Crippen LogP contribution is 2.45. The lowest BCUT2D eigenvalue weighted by molar-refractivity contribution is -0.181. The third-order valence-electron chi connectivity index (χ3n) is 4.68. The molecular formula is C15H27F3N4. The summed E-state index contributed by atoms with van der Waals surface area (Å²) in [7, 11) is 0. The number of halogens is 3. The standard InChI is InChI=1S/C15H27F3N4/c1-4-19-13(20-11-14(3)5-6-14)22-9-7-21(8-10-22)12(2)15(16,17)18/h12H,4-11H2,1-3H3,(H,19,20). The summed E-state index contributed by atoms with van der Waals surface area (Å²) < 4.78 is 38.3. The van der Waals surface area contributed by atoms with Gasteiger partial charge in [0.15, 0.2) is 5.96 Å². The van der Waals surface area contributed by atoms with Gasteiger partial charge in [-0.15, -0.1) is 0 Å². The third-order valence-corrected chi connectivity index (χ3v) is 4.68. The fraction of sp³-hybridized carbons (Fsp3) is 0.933. The molecule has 22 heavy (non-hydrogen) atoms. The van der Waals surface area contributed by atoms with Crippen molar-refractivity contribution in [3.63, 3.8) is 0 Å². The molecule has 1 N–H and O–H groups in total. The monoisotopic (exact) mass is 320 g/mol. The predicted octanol–water partition coefficient (Wildman–Crippen LogP) is 2.32. The van der Waals surface area contributed by atoms with Crippen molar-refractivity contribution in [1.29, 1.82) is 0 Å². The van der Waals surface area contributed by atoms with Crippen LogP contribution in [-0.4, -0.2) is 67.2 Å². The van der Waals surface area contributed by atoms with Gasteiger partial charge in [0.05, 0.1) is 0 Å². The van der Waals surface area contributed by atoms with E-state index < -0.39 is 12.2 Å². The molecule has 1 aliphatic heterocycles. The predicted molar refractivity (Wildman–Crippen MR) is 82.0 cm³/mol. The lowest BCUT2D eigenvalue weighted by Gasteiger charge is -2.39. The molecule has 1 saturated heterocycles. The van der Waals surface area contributed by atoms with E-state index in [-0.39, 0.29) is 0 Å². The quantitative estimate of drug-likeness (QED) is 0.637. The fourth-order valence-electron chi connectivity index (χ4n) is 2.59.